The quantitative estimate of drug-likeness (QED) is 0.166. The number of anilines is 1. The average molecular weight is 701 g/mol. The third-order valence-corrected chi connectivity index (χ3v) is 11.4. The Bertz CT molecular complexity index is 2060. The van der Waals surface area contributed by atoms with E-state index < -0.39 is 0 Å². The normalized spacial score (nSPS) is 19.5. The summed E-state index contributed by atoms with van der Waals surface area (Å²) < 4.78 is 5.05. The molecule has 0 aliphatic carbocycles. The van der Waals surface area contributed by atoms with Crippen LogP contribution in [0.1, 0.15) is 82.7 Å². The highest BCUT2D eigenvalue weighted by Crippen LogP contribution is 2.49. The second-order valence-electron chi connectivity index (χ2n) is 14.6. The summed E-state index contributed by atoms with van der Waals surface area (Å²) in [4.78, 5) is 2.44. The fourth-order valence-corrected chi connectivity index (χ4v) is 8.77. The summed E-state index contributed by atoms with van der Waals surface area (Å²) in [6, 6.07) is 34.6. The molecular formula is C45H47Cl2N3+2. The van der Waals surface area contributed by atoms with Crippen molar-refractivity contribution in [2.45, 2.75) is 71.3 Å². The van der Waals surface area contributed by atoms with Gasteiger partial charge >= 0.3 is 0 Å². The van der Waals surface area contributed by atoms with Crippen LogP contribution in [0.3, 0.4) is 0 Å². The van der Waals surface area contributed by atoms with Crippen molar-refractivity contribution in [3.8, 4) is 0 Å². The van der Waals surface area contributed by atoms with E-state index in [2.05, 4.69) is 165 Å². The minimum Gasteiger partial charge on any atom is -0.344 e. The maximum Gasteiger partial charge on any atom is 0.209 e. The van der Waals surface area contributed by atoms with Crippen LogP contribution in [0.2, 0.25) is 10.0 Å². The number of fused-ring (bicyclic) bond motifs is 2. The molecule has 0 saturated heterocycles. The molecule has 7 rings (SSSR count). The molecule has 0 aromatic heterocycles. The van der Waals surface area contributed by atoms with E-state index in [9.17, 15) is 0 Å². The van der Waals surface area contributed by atoms with Gasteiger partial charge in [-0.1, -0.05) is 97.7 Å². The predicted octanol–water partition coefficient (Wildman–Crippen LogP) is 11.6. The van der Waals surface area contributed by atoms with Crippen molar-refractivity contribution in [3.63, 3.8) is 0 Å². The molecular weight excluding hydrogens is 653 g/mol. The van der Waals surface area contributed by atoms with Gasteiger partial charge in [0.15, 0.2) is 17.1 Å². The Balaban J connectivity index is 1.40. The second kappa shape index (κ2) is 13.5. The molecule has 3 aliphatic heterocycles. The summed E-state index contributed by atoms with van der Waals surface area (Å²) in [5.74, 6) is 0. The first-order valence-electron chi connectivity index (χ1n) is 17.9. The zero-order valence-corrected chi connectivity index (χ0v) is 31.6. The van der Waals surface area contributed by atoms with E-state index >= 15 is 0 Å². The molecule has 0 unspecified atom stereocenters. The average Bonchev–Trinajstić information content (AvgIpc) is 3.68. The van der Waals surface area contributed by atoms with E-state index in [0.29, 0.717) is 0 Å². The third-order valence-electron chi connectivity index (χ3n) is 11.0. The van der Waals surface area contributed by atoms with Crippen molar-refractivity contribution in [2.75, 3.05) is 18.0 Å². The van der Waals surface area contributed by atoms with E-state index in [1.54, 1.807) is 0 Å². The highest BCUT2D eigenvalue weighted by molar-refractivity contribution is 6.31. The van der Waals surface area contributed by atoms with E-state index in [4.69, 9.17) is 23.2 Å². The van der Waals surface area contributed by atoms with Crippen LogP contribution >= 0.6 is 23.2 Å². The van der Waals surface area contributed by atoms with Gasteiger partial charge in [0, 0.05) is 87.2 Å². The third kappa shape index (κ3) is 5.89. The molecule has 3 aliphatic rings. The largest absolute Gasteiger partial charge is 0.344 e. The Labute approximate surface area is 308 Å². The topological polar surface area (TPSA) is 9.26 Å². The Hall–Kier alpha value is -4.18. The zero-order chi connectivity index (χ0) is 35.2. The van der Waals surface area contributed by atoms with E-state index in [1.165, 1.54) is 56.4 Å². The van der Waals surface area contributed by atoms with Crippen molar-refractivity contribution < 1.29 is 9.15 Å². The molecule has 0 amide bonds. The van der Waals surface area contributed by atoms with E-state index in [1.807, 2.05) is 12.1 Å². The van der Waals surface area contributed by atoms with Crippen LogP contribution in [0.25, 0.3) is 0 Å². The van der Waals surface area contributed by atoms with Crippen molar-refractivity contribution in [1.82, 2.24) is 0 Å². The highest BCUT2D eigenvalue weighted by Gasteiger charge is 2.45. The lowest BCUT2D eigenvalue weighted by Crippen LogP contribution is -2.28. The van der Waals surface area contributed by atoms with Crippen molar-refractivity contribution in [3.05, 3.63) is 165 Å². The number of allylic oxidation sites excluding steroid dienone is 6. The molecule has 254 valence electrons. The molecule has 4 aromatic rings. The van der Waals surface area contributed by atoms with Gasteiger partial charge < -0.3 is 4.90 Å². The minimum absolute atomic E-state index is 0.0268. The summed E-state index contributed by atoms with van der Waals surface area (Å²) in [6.07, 6.45) is 11.4. The lowest BCUT2D eigenvalue weighted by Gasteiger charge is -2.26. The fraction of sp³-hybridized carbons (Fsp3) is 0.289. The maximum atomic E-state index is 6.53. The summed E-state index contributed by atoms with van der Waals surface area (Å²) in [5.41, 5.74) is 12.5. The monoisotopic (exact) mass is 699 g/mol. The van der Waals surface area contributed by atoms with Gasteiger partial charge in [-0.05, 0) is 69.7 Å². The van der Waals surface area contributed by atoms with Gasteiger partial charge in [-0.3, -0.25) is 0 Å². The molecule has 4 aromatic carbocycles. The molecule has 0 radical (unpaired) electrons. The zero-order valence-electron chi connectivity index (χ0n) is 30.1. The Morgan fingerprint density at radius 2 is 1.34 bits per heavy atom. The number of hydrogen-bond donors (Lipinski definition) is 0. The summed E-state index contributed by atoms with van der Waals surface area (Å²) in [5, 5.41) is 1.57. The lowest BCUT2D eigenvalue weighted by molar-refractivity contribution is -0.509. The molecule has 0 N–H and O–H groups in total. The van der Waals surface area contributed by atoms with Crippen molar-refractivity contribution in [1.29, 1.82) is 0 Å². The standard InChI is InChI=1S/C45H47Cl2N3/c1-7-48-39-25-19-33(46)29-37(39)44(3,4)41(48)27-23-35-21-22-36(50(35)43(31-15-11-9-12-16-31)32-17-13-10-14-18-32)24-28-42-45(5,6)38-30-34(47)20-26-40(38)49(42)8-2/h9-20,23-30,43H,7-8,21-22H2,1-6H3/q+2. The SMILES string of the molecule is CCN1/C(=C/C=C2\CCC(/C=C/C3=[N+](CC)c4ccc(Cl)cc4C3(C)C)=[N+]2C(c2ccccc2)c2ccccc2)C(C)(C)c2cc(Cl)ccc21. The van der Waals surface area contributed by atoms with Crippen LogP contribution in [-0.4, -0.2) is 33.7 Å². The molecule has 0 spiro atoms. The molecule has 5 heteroatoms. The fourth-order valence-electron chi connectivity index (χ4n) is 8.43. The van der Waals surface area contributed by atoms with Crippen LogP contribution in [0, 0.1) is 0 Å². The summed E-state index contributed by atoms with van der Waals surface area (Å²) in [7, 11) is 0. The van der Waals surface area contributed by atoms with Crippen LogP contribution in [0.5, 0.6) is 0 Å². The Kier molecular flexibility index (Phi) is 9.26. The minimum atomic E-state index is -0.173. The number of benzene rings is 4. The Morgan fingerprint density at radius 1 is 0.720 bits per heavy atom. The van der Waals surface area contributed by atoms with Crippen LogP contribution in [0.4, 0.5) is 11.4 Å². The first-order valence-corrected chi connectivity index (χ1v) is 18.7. The Morgan fingerprint density at radius 3 is 1.96 bits per heavy atom. The summed E-state index contributed by atoms with van der Waals surface area (Å²) in [6.45, 7) is 15.5. The molecule has 3 heterocycles. The van der Waals surface area contributed by atoms with Crippen LogP contribution in [0.15, 0.2) is 133 Å². The summed E-state index contributed by atoms with van der Waals surface area (Å²) >= 11 is 13.1. The number of halogens is 2. The lowest BCUT2D eigenvalue weighted by atomic mass is 9.81. The number of likely N-dealkylation sites (N-methyl/N-ethyl adjacent to an activating group) is 1. The van der Waals surface area contributed by atoms with E-state index in [0.717, 1.165) is 36.0 Å². The first-order chi connectivity index (χ1) is 24.1. The molecule has 0 fully saturated rings. The second-order valence-corrected chi connectivity index (χ2v) is 15.4. The maximum absolute atomic E-state index is 6.53. The van der Waals surface area contributed by atoms with Gasteiger partial charge in [-0.15, -0.1) is 0 Å². The molecule has 0 saturated carbocycles. The smallest absolute Gasteiger partial charge is 0.209 e. The molecule has 0 atom stereocenters. The van der Waals surface area contributed by atoms with E-state index in [-0.39, 0.29) is 16.9 Å². The van der Waals surface area contributed by atoms with Crippen LogP contribution in [-0.2, 0) is 10.8 Å². The van der Waals surface area contributed by atoms with Gasteiger partial charge in [0.2, 0.25) is 11.7 Å². The van der Waals surface area contributed by atoms with Crippen molar-refractivity contribution >= 4 is 46.0 Å². The molecule has 0 bridgehead atoms. The van der Waals surface area contributed by atoms with Gasteiger partial charge in [0.1, 0.15) is 6.54 Å². The first kappa shape index (κ1) is 34.3. The predicted molar refractivity (Wildman–Crippen MR) is 212 cm³/mol. The number of hydrogen-bond acceptors (Lipinski definition) is 1. The van der Waals surface area contributed by atoms with Gasteiger partial charge in [-0.2, -0.15) is 9.15 Å². The molecule has 50 heavy (non-hydrogen) atoms. The van der Waals surface area contributed by atoms with Gasteiger partial charge in [-0.25, -0.2) is 0 Å². The highest BCUT2D eigenvalue weighted by atomic mass is 35.5. The van der Waals surface area contributed by atoms with Gasteiger partial charge in [0.25, 0.3) is 0 Å². The number of rotatable bonds is 8. The van der Waals surface area contributed by atoms with Gasteiger partial charge in [0.05, 0.1) is 5.41 Å². The van der Waals surface area contributed by atoms with Crippen molar-refractivity contribution in [2.24, 2.45) is 0 Å². The number of nitrogens with zero attached hydrogens (tertiary/aromatic N) is 3. The molecule has 3 nitrogen and oxygen atoms in total. The van der Waals surface area contributed by atoms with Crippen LogP contribution < -0.4 is 4.90 Å².